The van der Waals surface area contributed by atoms with E-state index >= 15 is 0 Å². The summed E-state index contributed by atoms with van der Waals surface area (Å²) in [6, 6.07) is 0. The van der Waals surface area contributed by atoms with Gasteiger partial charge in [-0.05, 0) is 0 Å². The second-order valence-electron chi connectivity index (χ2n) is 0.815. The normalized spacial score (nSPS) is 6.20. The van der Waals surface area contributed by atoms with Crippen molar-refractivity contribution in [1.29, 1.82) is 0 Å². The molecule has 0 unspecified atom stereocenters. The fourth-order valence-corrected chi connectivity index (χ4v) is 0. The maximum atomic E-state index is 9.80. The minimum atomic E-state index is 0.0558. The second-order valence-corrected chi connectivity index (χ2v) is 4.87. The molecule has 5 heavy (non-hydrogen) atoms. The second kappa shape index (κ2) is 3.08. The van der Waals surface area contributed by atoms with Crippen molar-refractivity contribution in [2.75, 3.05) is 0 Å². The average Bonchev–Trinajstić information content (AvgIpc) is 1.38. The predicted octanol–water partition coefficient (Wildman–Crippen LogP) is -0.0194. The van der Waals surface area contributed by atoms with Crippen LogP contribution in [-0.2, 0) is 4.79 Å². The van der Waals surface area contributed by atoms with Crippen LogP contribution in [0.25, 0.3) is 0 Å². The topological polar surface area (TPSA) is 17.1 Å². The molecular weight excluding hydrogens is 278 g/mol. The molecule has 0 radical (unpaired) electrons. The van der Waals surface area contributed by atoms with Crippen LogP contribution in [0.3, 0.4) is 0 Å². The molecule has 0 saturated heterocycles. The Labute approximate surface area is 60.2 Å². The first-order valence-electron chi connectivity index (χ1n) is 1.40. The van der Waals surface area contributed by atoms with Gasteiger partial charge in [0.25, 0.3) is 0 Å². The Bertz CT molecular complexity index is 57.9. The van der Waals surface area contributed by atoms with Crippen molar-refractivity contribution in [3.8, 4) is 0 Å². The summed E-state index contributed by atoms with van der Waals surface area (Å²) in [5.41, 5.74) is 0. The summed E-state index contributed by atoms with van der Waals surface area (Å²) >= 11 is 0.0558. The zero-order valence-electron chi connectivity index (χ0n) is 3.19. The van der Waals surface area contributed by atoms with Crippen molar-refractivity contribution >= 4 is 0.824 Å². The van der Waals surface area contributed by atoms with E-state index in [9.17, 15) is 4.79 Å². The SMILES string of the molecule is C=C[C](=O)[RaH]. The Hall–Kier alpha value is 0.878. The van der Waals surface area contributed by atoms with E-state index in [1.54, 1.807) is 0 Å². The van der Waals surface area contributed by atoms with Gasteiger partial charge in [-0.15, -0.1) is 0 Å². The van der Waals surface area contributed by atoms with Crippen LogP contribution >= 0.6 is 0 Å². The quantitative estimate of drug-likeness (QED) is 0.618. The fraction of sp³-hybridized carbons (Fsp3) is 0. The van der Waals surface area contributed by atoms with Gasteiger partial charge in [-0.2, -0.15) is 0 Å². The molecule has 0 N–H and O–H groups in total. The molecule has 0 heterocycles. The Kier molecular flexibility index (Phi) is 3.62. The molecule has 0 aromatic rings. The van der Waals surface area contributed by atoms with E-state index in [0.29, 0.717) is 0 Å². The number of hydrogen-bond acceptors (Lipinski definition) is 1. The first kappa shape index (κ1) is 5.88. The summed E-state index contributed by atoms with van der Waals surface area (Å²) in [6.07, 6.45) is 1.38. The van der Waals surface area contributed by atoms with Crippen LogP contribution in [0.4, 0.5) is 0 Å². The standard InChI is InChI=1S/C3H3O.Ra.H/c1-2-3-4;;/h2H,1H2;;. The van der Waals surface area contributed by atoms with E-state index < -0.39 is 0 Å². The molecule has 24 valence electrons. The van der Waals surface area contributed by atoms with Crippen molar-refractivity contribution in [1.82, 2.24) is 0 Å². The molecule has 0 aromatic carbocycles. The van der Waals surface area contributed by atoms with Crippen molar-refractivity contribution in [2.45, 2.75) is 0 Å². The van der Waals surface area contributed by atoms with E-state index in [-0.39, 0.29) is 43.6 Å². The van der Waals surface area contributed by atoms with Gasteiger partial charge in [0, 0.05) is 0 Å². The van der Waals surface area contributed by atoms with E-state index in [1.807, 2.05) is 0 Å². The average molecular weight is 282 g/mol. The zero-order valence-corrected chi connectivity index (χ0v) is 11.4. The van der Waals surface area contributed by atoms with Crippen LogP contribution in [0.5, 0.6) is 0 Å². The summed E-state index contributed by atoms with van der Waals surface area (Å²) in [7, 11) is 0. The number of carbonyl (C=O) groups excluding carboxylic acids is 1. The van der Waals surface area contributed by atoms with Crippen LogP contribution in [0.15, 0.2) is 12.7 Å². The Morgan fingerprint density at radius 1 is 2.00 bits per heavy atom. The van der Waals surface area contributed by atoms with Gasteiger partial charge in [0.05, 0.1) is 0 Å². The molecule has 2 heteroatoms. The van der Waals surface area contributed by atoms with Crippen LogP contribution in [0.2, 0.25) is 0 Å². The van der Waals surface area contributed by atoms with Crippen molar-refractivity contribution in [2.24, 2.45) is 0 Å². The molecule has 0 aromatic heterocycles. The number of hydrogen-bond donors (Lipinski definition) is 0. The van der Waals surface area contributed by atoms with E-state index in [4.69, 9.17) is 0 Å². The fourth-order valence-electron chi connectivity index (χ4n) is 0. The number of rotatable bonds is 1. The van der Waals surface area contributed by atoms with Crippen molar-refractivity contribution in [3.63, 3.8) is 0 Å². The third-order valence-corrected chi connectivity index (χ3v) is 1.97. The van der Waals surface area contributed by atoms with Gasteiger partial charge in [-0.1, -0.05) is 0 Å². The molecule has 0 bridgehead atoms. The molecule has 0 aliphatic heterocycles. The summed E-state index contributed by atoms with van der Waals surface area (Å²) < 4.78 is 0.248. The zero-order chi connectivity index (χ0) is 4.28. The molecule has 1 nitrogen and oxygen atoms in total. The molecule has 0 aliphatic rings. The van der Waals surface area contributed by atoms with Gasteiger partial charge in [0.2, 0.25) is 0 Å². The van der Waals surface area contributed by atoms with E-state index in [0.717, 1.165) is 0 Å². The predicted molar refractivity (Wildman–Crippen MR) is 16.6 cm³/mol. The molecule has 0 saturated carbocycles. The molecule has 0 fully saturated rings. The van der Waals surface area contributed by atoms with E-state index in [1.165, 1.54) is 6.08 Å². The van der Waals surface area contributed by atoms with Gasteiger partial charge >= 0.3 is 61.1 Å². The van der Waals surface area contributed by atoms with Gasteiger partial charge in [-0.3, -0.25) is 0 Å². The Balaban J connectivity index is 3.20. The van der Waals surface area contributed by atoms with Gasteiger partial charge in [-0.25, -0.2) is 0 Å². The molecule has 0 atom stereocenters. The van der Waals surface area contributed by atoms with Crippen LogP contribution in [0, 0.1) is 42.8 Å². The number of carbonyl (C=O) groups is 1. The monoisotopic (exact) mass is 282 g/mol. The van der Waals surface area contributed by atoms with Crippen LogP contribution < -0.4 is 0 Å². The van der Waals surface area contributed by atoms with Crippen molar-refractivity contribution < 1.29 is 47.6 Å². The summed E-state index contributed by atoms with van der Waals surface area (Å²) in [5, 5.41) is 0. The summed E-state index contributed by atoms with van der Waals surface area (Å²) in [6.45, 7) is 3.27. The van der Waals surface area contributed by atoms with Crippen LogP contribution in [0.1, 0.15) is 0 Å². The molecule has 0 spiro atoms. The third kappa shape index (κ3) is 4.88. The summed E-state index contributed by atoms with van der Waals surface area (Å²) in [4.78, 5) is 9.80. The molecule has 0 rings (SSSR count). The van der Waals surface area contributed by atoms with E-state index in [2.05, 4.69) is 6.58 Å². The first-order chi connectivity index (χ1) is 2.27. The molecule has 0 amide bonds. The van der Waals surface area contributed by atoms with Gasteiger partial charge < -0.3 is 0 Å². The number of allylic oxidation sites excluding steroid dienone is 1. The van der Waals surface area contributed by atoms with Crippen LogP contribution in [-0.4, -0.2) is 0.824 Å². The van der Waals surface area contributed by atoms with Crippen molar-refractivity contribution in [3.05, 3.63) is 12.7 Å². The minimum absolute atomic E-state index is 0.0558. The summed E-state index contributed by atoms with van der Waals surface area (Å²) in [5.74, 6) is 0. The first-order valence-corrected chi connectivity index (χ1v) is 5.51. The van der Waals surface area contributed by atoms with Gasteiger partial charge in [0.1, 0.15) is 0 Å². The molecule has 0 aliphatic carbocycles. The Morgan fingerprint density at radius 2 is 2.20 bits per heavy atom. The maximum absolute atomic E-state index is 9.80. The molecular formula is C3H4ORa. The van der Waals surface area contributed by atoms with Gasteiger partial charge in [0.15, 0.2) is 0 Å². The third-order valence-electron chi connectivity index (χ3n) is 0.287. The Morgan fingerprint density at radius 3 is 2.20 bits per heavy atom.